The average Bonchev–Trinajstić information content (AvgIpc) is 3.12. The smallest absolute Gasteiger partial charge is 0.303 e. The summed E-state index contributed by atoms with van der Waals surface area (Å²) in [5, 5.41) is 4.41. The van der Waals surface area contributed by atoms with Gasteiger partial charge in [0.05, 0.1) is 0 Å². The Morgan fingerprint density at radius 2 is 1.83 bits per heavy atom. The van der Waals surface area contributed by atoms with Crippen LogP contribution in [0.3, 0.4) is 0 Å². The van der Waals surface area contributed by atoms with E-state index < -0.39 is 0 Å². The summed E-state index contributed by atoms with van der Waals surface area (Å²) in [6.07, 6.45) is 16.0. The Labute approximate surface area is 179 Å². The number of aromatic nitrogens is 3. The predicted octanol–water partition coefficient (Wildman–Crippen LogP) is 6.43. The van der Waals surface area contributed by atoms with Gasteiger partial charge in [0.25, 0.3) is 0 Å². The van der Waals surface area contributed by atoms with Crippen molar-refractivity contribution >= 4 is 5.97 Å². The van der Waals surface area contributed by atoms with Gasteiger partial charge in [0.15, 0.2) is 0 Å². The summed E-state index contributed by atoms with van der Waals surface area (Å²) in [5.74, 6) is 1.45. The van der Waals surface area contributed by atoms with Crippen molar-refractivity contribution in [3.63, 3.8) is 0 Å². The second-order valence-electron chi connectivity index (χ2n) is 10.2. The van der Waals surface area contributed by atoms with E-state index in [0.29, 0.717) is 5.41 Å². The van der Waals surface area contributed by atoms with Crippen molar-refractivity contribution in [1.29, 1.82) is 0 Å². The zero-order valence-corrected chi connectivity index (χ0v) is 20.0. The Balaban J connectivity index is 0.000000447. The fourth-order valence-electron chi connectivity index (χ4n) is 4.68. The summed E-state index contributed by atoms with van der Waals surface area (Å²) in [4.78, 5) is 14.4. The molecule has 0 aromatic carbocycles. The highest BCUT2D eigenvalue weighted by atomic mass is 16.6. The van der Waals surface area contributed by atoms with Crippen LogP contribution in [-0.2, 0) is 16.1 Å². The van der Waals surface area contributed by atoms with Gasteiger partial charge in [0.1, 0.15) is 18.3 Å². The number of rotatable bonds is 8. The molecule has 0 spiro atoms. The average molecular weight is 408 g/mol. The van der Waals surface area contributed by atoms with Gasteiger partial charge in [0.2, 0.25) is 0 Å². The number of carbonyl (C=O) groups is 1. The molecule has 0 radical (unpaired) electrons. The third-order valence-corrected chi connectivity index (χ3v) is 5.83. The van der Waals surface area contributed by atoms with Crippen LogP contribution in [0, 0.1) is 17.3 Å². The maximum Gasteiger partial charge on any atom is 0.303 e. The van der Waals surface area contributed by atoms with Crippen LogP contribution in [0.4, 0.5) is 0 Å². The van der Waals surface area contributed by atoms with Gasteiger partial charge in [0, 0.05) is 13.5 Å². The lowest BCUT2D eigenvalue weighted by Gasteiger charge is -2.43. The molecule has 1 aromatic rings. The summed E-state index contributed by atoms with van der Waals surface area (Å²) in [6, 6.07) is 0. The van der Waals surface area contributed by atoms with E-state index in [1.807, 2.05) is 27.1 Å². The van der Waals surface area contributed by atoms with Crippen molar-refractivity contribution in [2.24, 2.45) is 17.3 Å². The largest absolute Gasteiger partial charge is 0.460 e. The molecule has 0 aliphatic heterocycles. The van der Waals surface area contributed by atoms with Gasteiger partial charge < -0.3 is 4.74 Å². The molecule has 1 saturated carbocycles. The topological polar surface area (TPSA) is 57.0 Å². The van der Waals surface area contributed by atoms with E-state index in [1.54, 1.807) is 6.33 Å². The maximum absolute atomic E-state index is 10.2. The Bertz CT molecular complexity index is 557. The van der Waals surface area contributed by atoms with E-state index in [4.69, 9.17) is 4.74 Å². The standard InChI is InChI=1S/C18H33N3.C6H12O2/c1-4-11-18(12-10-16(2)3,13-21-15-19-14-20-21)17-8-6-5-7-9-17;1-5(7)8-6(2,3)4/h14-17H,4-13H2,1-3H3;1-4H3. The Morgan fingerprint density at radius 1 is 1.17 bits per heavy atom. The zero-order valence-electron chi connectivity index (χ0n) is 20.0. The van der Waals surface area contributed by atoms with Crippen molar-refractivity contribution in [2.75, 3.05) is 0 Å². The molecule has 2 rings (SSSR count). The molecular formula is C24H45N3O2. The summed E-state index contributed by atoms with van der Waals surface area (Å²) in [5.41, 5.74) is 0.110. The van der Waals surface area contributed by atoms with Crippen molar-refractivity contribution < 1.29 is 9.53 Å². The van der Waals surface area contributed by atoms with Crippen LogP contribution in [0.25, 0.3) is 0 Å². The van der Waals surface area contributed by atoms with Gasteiger partial charge in [-0.05, 0) is 63.7 Å². The van der Waals surface area contributed by atoms with Crippen LogP contribution in [-0.4, -0.2) is 26.3 Å². The molecule has 0 amide bonds. The minimum absolute atomic E-state index is 0.225. The number of nitrogens with zero attached hydrogens (tertiary/aromatic N) is 3. The second kappa shape index (κ2) is 12.3. The van der Waals surface area contributed by atoms with E-state index in [2.05, 4.69) is 35.5 Å². The van der Waals surface area contributed by atoms with E-state index in [0.717, 1.165) is 18.4 Å². The Hall–Kier alpha value is -1.39. The first-order chi connectivity index (χ1) is 13.6. The van der Waals surface area contributed by atoms with Gasteiger partial charge in [-0.1, -0.05) is 52.9 Å². The van der Waals surface area contributed by atoms with E-state index >= 15 is 0 Å². The molecule has 5 nitrogen and oxygen atoms in total. The maximum atomic E-state index is 10.2. The molecule has 168 valence electrons. The monoisotopic (exact) mass is 407 g/mol. The third-order valence-electron chi connectivity index (χ3n) is 5.83. The van der Waals surface area contributed by atoms with Crippen molar-refractivity contribution in [1.82, 2.24) is 14.8 Å². The minimum atomic E-state index is -0.328. The molecule has 5 heteroatoms. The number of hydrogen-bond donors (Lipinski definition) is 0. The molecule has 1 aromatic heterocycles. The first kappa shape index (κ1) is 25.6. The van der Waals surface area contributed by atoms with Crippen LogP contribution in [0.1, 0.15) is 106 Å². The van der Waals surface area contributed by atoms with Crippen LogP contribution in [0.15, 0.2) is 12.7 Å². The van der Waals surface area contributed by atoms with E-state index in [-0.39, 0.29) is 11.6 Å². The highest BCUT2D eigenvalue weighted by molar-refractivity contribution is 5.66. The van der Waals surface area contributed by atoms with E-state index in [1.165, 1.54) is 64.7 Å². The summed E-state index contributed by atoms with van der Waals surface area (Å²) in [6.45, 7) is 15.1. The van der Waals surface area contributed by atoms with Gasteiger partial charge in [-0.25, -0.2) is 4.98 Å². The molecule has 0 N–H and O–H groups in total. The second-order valence-corrected chi connectivity index (χ2v) is 10.2. The fourth-order valence-corrected chi connectivity index (χ4v) is 4.68. The zero-order chi connectivity index (χ0) is 21.9. The molecule has 0 bridgehead atoms. The van der Waals surface area contributed by atoms with Crippen molar-refractivity contribution in [2.45, 2.75) is 118 Å². The van der Waals surface area contributed by atoms with Crippen LogP contribution in [0.2, 0.25) is 0 Å². The number of ether oxygens (including phenoxy) is 1. The quantitative estimate of drug-likeness (QED) is 0.466. The lowest BCUT2D eigenvalue weighted by molar-refractivity contribution is -0.151. The normalized spacial score (nSPS) is 17.4. The minimum Gasteiger partial charge on any atom is -0.460 e. The fraction of sp³-hybridized carbons (Fsp3) is 0.875. The highest BCUT2D eigenvalue weighted by Crippen LogP contribution is 2.47. The number of carbonyl (C=O) groups excluding carboxylic acids is 1. The molecule has 1 fully saturated rings. The van der Waals surface area contributed by atoms with Gasteiger partial charge >= 0.3 is 5.97 Å². The molecule has 1 heterocycles. The molecule has 1 atom stereocenters. The third kappa shape index (κ3) is 10.3. The first-order valence-electron chi connectivity index (χ1n) is 11.6. The molecule has 1 unspecified atom stereocenters. The summed E-state index contributed by atoms with van der Waals surface area (Å²) in [7, 11) is 0. The molecule has 1 aliphatic rings. The number of hydrogen-bond acceptors (Lipinski definition) is 4. The predicted molar refractivity (Wildman–Crippen MR) is 120 cm³/mol. The van der Waals surface area contributed by atoms with Gasteiger partial charge in [-0.2, -0.15) is 5.10 Å². The van der Waals surface area contributed by atoms with Gasteiger partial charge in [-0.3, -0.25) is 9.48 Å². The molecule has 0 saturated heterocycles. The SMILES string of the molecule is CC(=O)OC(C)(C)C.CCCC(CCC(C)C)(Cn1cncn1)C1CCCCC1. The van der Waals surface area contributed by atoms with Crippen molar-refractivity contribution in [3.8, 4) is 0 Å². The van der Waals surface area contributed by atoms with Crippen LogP contribution < -0.4 is 0 Å². The van der Waals surface area contributed by atoms with Crippen molar-refractivity contribution in [3.05, 3.63) is 12.7 Å². The van der Waals surface area contributed by atoms with Gasteiger partial charge in [-0.15, -0.1) is 0 Å². The van der Waals surface area contributed by atoms with E-state index in [9.17, 15) is 4.79 Å². The lowest BCUT2D eigenvalue weighted by Crippen LogP contribution is -2.37. The first-order valence-corrected chi connectivity index (χ1v) is 11.6. The highest BCUT2D eigenvalue weighted by Gasteiger charge is 2.38. The summed E-state index contributed by atoms with van der Waals surface area (Å²) >= 11 is 0. The Kier molecular flexibility index (Phi) is 10.9. The lowest BCUT2D eigenvalue weighted by atomic mass is 9.63. The molecule has 29 heavy (non-hydrogen) atoms. The van der Waals surface area contributed by atoms with Crippen LogP contribution >= 0.6 is 0 Å². The molecular weight excluding hydrogens is 362 g/mol. The molecule has 1 aliphatic carbocycles. The summed E-state index contributed by atoms with van der Waals surface area (Å²) < 4.78 is 6.89. The van der Waals surface area contributed by atoms with Crippen LogP contribution in [0.5, 0.6) is 0 Å². The number of esters is 1. The Morgan fingerprint density at radius 3 is 2.24 bits per heavy atom.